The molecule has 0 radical (unpaired) electrons. The highest BCUT2D eigenvalue weighted by Crippen LogP contribution is 2.55. The van der Waals surface area contributed by atoms with Gasteiger partial charge in [-0.15, -0.1) is 0 Å². The second-order valence-corrected chi connectivity index (χ2v) is 9.06. The van der Waals surface area contributed by atoms with Crippen LogP contribution in [0.5, 0.6) is 5.75 Å². The number of nitrogens with zero attached hydrogens (tertiary/aromatic N) is 2. The number of phenolic OH excluding ortho intramolecular Hbond substituents is 1. The topological polar surface area (TPSA) is 114 Å². The molecule has 3 aromatic carbocycles. The maximum absolute atomic E-state index is 13.9. The molecule has 2 heterocycles. The second-order valence-electron chi connectivity index (χ2n) is 8.19. The Balaban J connectivity index is 1.80. The SMILES string of the molecule is O=C(NCCO)C1=NN(c2ccc(Cl)cc2)C2(C(=O)Nc3cc(Cl)ccc32)C1c1cccc(O)c1. The Morgan fingerprint density at radius 2 is 1.83 bits per heavy atom. The van der Waals surface area contributed by atoms with Crippen LogP contribution in [0, 0.1) is 0 Å². The van der Waals surface area contributed by atoms with Crippen LogP contribution in [0.1, 0.15) is 17.0 Å². The van der Waals surface area contributed by atoms with Gasteiger partial charge in [0.05, 0.1) is 18.2 Å². The Labute approximate surface area is 210 Å². The first-order chi connectivity index (χ1) is 16.9. The van der Waals surface area contributed by atoms with Gasteiger partial charge in [-0.2, -0.15) is 5.10 Å². The summed E-state index contributed by atoms with van der Waals surface area (Å²) in [7, 11) is 0. The average molecular weight is 511 g/mol. The van der Waals surface area contributed by atoms with Gasteiger partial charge in [-0.3, -0.25) is 9.59 Å². The first-order valence-electron chi connectivity index (χ1n) is 10.8. The number of nitrogens with one attached hydrogen (secondary N) is 2. The number of aromatic hydroxyl groups is 1. The third kappa shape index (κ3) is 3.70. The molecule has 0 saturated carbocycles. The zero-order valence-corrected chi connectivity index (χ0v) is 19.7. The number of hydrazone groups is 1. The molecule has 2 atom stereocenters. The summed E-state index contributed by atoms with van der Waals surface area (Å²) in [5.41, 5.74) is 0.660. The van der Waals surface area contributed by atoms with Crippen LogP contribution in [0.15, 0.2) is 71.8 Å². The second kappa shape index (κ2) is 8.88. The van der Waals surface area contributed by atoms with Gasteiger partial charge in [-0.1, -0.05) is 41.4 Å². The summed E-state index contributed by atoms with van der Waals surface area (Å²) in [5.74, 6) is -1.89. The van der Waals surface area contributed by atoms with Crippen LogP contribution in [-0.4, -0.2) is 40.9 Å². The van der Waals surface area contributed by atoms with Gasteiger partial charge in [0.15, 0.2) is 5.54 Å². The van der Waals surface area contributed by atoms with Crippen molar-refractivity contribution in [2.75, 3.05) is 23.5 Å². The van der Waals surface area contributed by atoms with Gasteiger partial charge < -0.3 is 20.8 Å². The molecule has 35 heavy (non-hydrogen) atoms. The molecular weight excluding hydrogens is 491 g/mol. The third-order valence-corrected chi connectivity index (χ3v) is 6.61. The van der Waals surface area contributed by atoms with Crippen LogP contribution in [0.4, 0.5) is 11.4 Å². The minimum Gasteiger partial charge on any atom is -0.508 e. The quantitative estimate of drug-likeness (QED) is 0.418. The van der Waals surface area contributed by atoms with Gasteiger partial charge in [0.1, 0.15) is 11.5 Å². The molecule has 0 bridgehead atoms. The number of carbonyl (C=O) groups excluding carboxylic acids is 2. The summed E-state index contributed by atoms with van der Waals surface area (Å²) < 4.78 is 0. The number of aliphatic hydroxyl groups excluding tert-OH is 1. The highest BCUT2D eigenvalue weighted by molar-refractivity contribution is 6.43. The van der Waals surface area contributed by atoms with Crippen LogP contribution in [0.2, 0.25) is 10.0 Å². The van der Waals surface area contributed by atoms with Crippen molar-refractivity contribution in [1.29, 1.82) is 0 Å². The number of amides is 2. The molecule has 10 heteroatoms. The van der Waals surface area contributed by atoms with Gasteiger partial charge in [0, 0.05) is 27.8 Å². The van der Waals surface area contributed by atoms with Crippen molar-refractivity contribution in [3.05, 3.63) is 87.9 Å². The van der Waals surface area contributed by atoms with Crippen LogP contribution in [-0.2, 0) is 15.1 Å². The average Bonchev–Trinajstić information content (AvgIpc) is 3.33. The van der Waals surface area contributed by atoms with Gasteiger partial charge in [-0.25, -0.2) is 5.01 Å². The summed E-state index contributed by atoms with van der Waals surface area (Å²) in [6.45, 7) is -0.249. The third-order valence-electron chi connectivity index (χ3n) is 6.12. The number of aliphatic hydroxyl groups is 1. The van der Waals surface area contributed by atoms with Gasteiger partial charge in [0.25, 0.3) is 11.8 Å². The molecular formula is C25H20Cl2N4O4. The van der Waals surface area contributed by atoms with Gasteiger partial charge in [0.2, 0.25) is 0 Å². The van der Waals surface area contributed by atoms with Crippen molar-refractivity contribution in [1.82, 2.24) is 5.32 Å². The summed E-state index contributed by atoms with van der Waals surface area (Å²) >= 11 is 12.3. The lowest BCUT2D eigenvalue weighted by Gasteiger charge is -2.37. The standard InChI is InChI=1S/C25H20Cl2N4O4/c26-15-4-7-17(8-5-15)31-25(19-9-6-16(27)13-20(19)29-24(25)35)21(14-2-1-3-18(33)12-14)22(30-31)23(34)28-10-11-32/h1-9,12-13,21,32-33H,10-11H2,(H,28,34)(H,29,35). The fourth-order valence-corrected chi connectivity index (χ4v) is 5.04. The molecule has 178 valence electrons. The van der Waals surface area contributed by atoms with Crippen LogP contribution in [0.3, 0.4) is 0 Å². The van der Waals surface area contributed by atoms with Crippen LogP contribution >= 0.6 is 23.2 Å². The highest BCUT2D eigenvalue weighted by Gasteiger charge is 2.63. The number of carbonyl (C=O) groups is 2. The van der Waals surface area contributed by atoms with E-state index in [0.29, 0.717) is 32.5 Å². The van der Waals surface area contributed by atoms with E-state index in [1.54, 1.807) is 54.6 Å². The number of halogens is 2. The van der Waals surface area contributed by atoms with Crippen LogP contribution < -0.4 is 15.6 Å². The Bertz CT molecular complexity index is 1360. The Hall–Kier alpha value is -3.59. The molecule has 0 fully saturated rings. The van der Waals surface area contributed by atoms with E-state index >= 15 is 0 Å². The maximum Gasteiger partial charge on any atom is 0.268 e. The lowest BCUT2D eigenvalue weighted by atomic mass is 9.72. The van der Waals surface area contributed by atoms with E-state index in [-0.39, 0.29) is 24.6 Å². The maximum atomic E-state index is 13.9. The minimum absolute atomic E-state index is 0.0109. The number of fused-ring (bicyclic) bond motifs is 2. The number of phenols is 1. The number of benzene rings is 3. The first-order valence-corrected chi connectivity index (χ1v) is 11.6. The monoisotopic (exact) mass is 510 g/mol. The normalized spacial score (nSPS) is 20.5. The largest absolute Gasteiger partial charge is 0.508 e. The Morgan fingerprint density at radius 1 is 1.09 bits per heavy atom. The van der Waals surface area contributed by atoms with Crippen molar-refractivity contribution < 1.29 is 19.8 Å². The number of rotatable bonds is 5. The molecule has 2 aliphatic heterocycles. The molecule has 3 aromatic rings. The molecule has 8 nitrogen and oxygen atoms in total. The fraction of sp³-hybridized carbons (Fsp3) is 0.160. The summed E-state index contributed by atoms with van der Waals surface area (Å²) in [6, 6.07) is 18.2. The summed E-state index contributed by atoms with van der Waals surface area (Å²) in [4.78, 5) is 27.2. The Morgan fingerprint density at radius 3 is 2.54 bits per heavy atom. The molecule has 2 amide bonds. The molecule has 1 spiro atoms. The van der Waals surface area contributed by atoms with Crippen molar-refractivity contribution in [3.63, 3.8) is 0 Å². The molecule has 0 saturated heterocycles. The first kappa shape index (κ1) is 23.2. The fourth-order valence-electron chi connectivity index (χ4n) is 4.74. The van der Waals surface area contributed by atoms with E-state index in [0.717, 1.165) is 0 Å². The van der Waals surface area contributed by atoms with E-state index in [1.165, 1.54) is 17.1 Å². The van der Waals surface area contributed by atoms with E-state index < -0.39 is 23.3 Å². The van der Waals surface area contributed by atoms with E-state index in [9.17, 15) is 19.8 Å². The number of anilines is 2. The predicted octanol–water partition coefficient (Wildman–Crippen LogP) is 3.61. The van der Waals surface area contributed by atoms with Crippen molar-refractivity contribution >= 4 is 52.1 Å². The zero-order valence-electron chi connectivity index (χ0n) is 18.2. The molecule has 0 aromatic heterocycles. The Kier molecular flexibility index (Phi) is 5.88. The minimum atomic E-state index is -1.51. The molecule has 5 rings (SSSR count). The lowest BCUT2D eigenvalue weighted by Crippen LogP contribution is -2.51. The molecule has 2 unspecified atom stereocenters. The van der Waals surface area contributed by atoms with Gasteiger partial charge in [-0.05, 0) is 54.1 Å². The highest BCUT2D eigenvalue weighted by atomic mass is 35.5. The van der Waals surface area contributed by atoms with Crippen molar-refractivity contribution in [2.24, 2.45) is 5.10 Å². The van der Waals surface area contributed by atoms with Crippen molar-refractivity contribution in [2.45, 2.75) is 11.5 Å². The van der Waals surface area contributed by atoms with Crippen LogP contribution in [0.25, 0.3) is 0 Å². The van der Waals surface area contributed by atoms with E-state index in [4.69, 9.17) is 23.2 Å². The molecule has 0 aliphatic carbocycles. The zero-order chi connectivity index (χ0) is 24.7. The molecule has 4 N–H and O–H groups in total. The number of hydrogen-bond donors (Lipinski definition) is 4. The summed E-state index contributed by atoms with van der Waals surface area (Å²) in [6.07, 6.45) is 0. The predicted molar refractivity (Wildman–Crippen MR) is 134 cm³/mol. The van der Waals surface area contributed by atoms with E-state index in [1.807, 2.05) is 0 Å². The lowest BCUT2D eigenvalue weighted by molar-refractivity contribution is -0.120. The van der Waals surface area contributed by atoms with E-state index in [2.05, 4.69) is 15.7 Å². The number of hydrogen-bond acceptors (Lipinski definition) is 6. The smallest absolute Gasteiger partial charge is 0.268 e. The van der Waals surface area contributed by atoms with Crippen molar-refractivity contribution in [3.8, 4) is 5.75 Å². The summed E-state index contributed by atoms with van der Waals surface area (Å²) in [5, 5.41) is 32.2. The molecule has 2 aliphatic rings. The van der Waals surface area contributed by atoms with Gasteiger partial charge >= 0.3 is 0 Å².